The van der Waals surface area contributed by atoms with Gasteiger partial charge in [0.2, 0.25) is 5.91 Å². The van der Waals surface area contributed by atoms with Crippen LogP contribution in [-0.2, 0) is 11.3 Å². The molecule has 1 aromatic heterocycles. The van der Waals surface area contributed by atoms with E-state index in [9.17, 15) is 4.79 Å². The Morgan fingerprint density at radius 3 is 2.68 bits per heavy atom. The minimum Gasteiger partial charge on any atom is -0.357 e. The maximum absolute atomic E-state index is 12.3. The highest BCUT2D eigenvalue weighted by Gasteiger charge is 2.36. The van der Waals surface area contributed by atoms with Crippen LogP contribution in [0.4, 0.5) is 5.82 Å². The lowest BCUT2D eigenvalue weighted by atomic mass is 9.98. The normalized spacial score (nSPS) is 20.9. The molecule has 1 saturated carbocycles. The number of amides is 1. The van der Waals surface area contributed by atoms with Crippen LogP contribution in [-0.4, -0.2) is 29.5 Å². The topological polar surface area (TPSA) is 71.2 Å². The third-order valence-corrected chi connectivity index (χ3v) is 4.89. The van der Waals surface area contributed by atoms with Crippen LogP contribution in [0.15, 0.2) is 18.3 Å². The summed E-state index contributed by atoms with van der Waals surface area (Å²) in [6.45, 7) is 2.69. The van der Waals surface area contributed by atoms with Gasteiger partial charge in [-0.25, -0.2) is 4.98 Å². The van der Waals surface area contributed by atoms with Crippen LogP contribution in [0.2, 0.25) is 0 Å². The summed E-state index contributed by atoms with van der Waals surface area (Å²) in [5.41, 5.74) is 6.62. The summed E-state index contributed by atoms with van der Waals surface area (Å²) in [6, 6.07) is 4.05. The van der Waals surface area contributed by atoms with Crippen molar-refractivity contribution < 1.29 is 4.79 Å². The fourth-order valence-electron chi connectivity index (χ4n) is 3.46. The molecule has 0 spiro atoms. The lowest BCUT2D eigenvalue weighted by Gasteiger charge is -2.28. The number of carbonyl (C=O) groups is 1. The van der Waals surface area contributed by atoms with E-state index in [1.165, 1.54) is 19.3 Å². The van der Waals surface area contributed by atoms with Gasteiger partial charge in [-0.15, -0.1) is 0 Å². The molecule has 3 N–H and O–H groups in total. The number of nitrogens with zero attached hydrogens (tertiary/aromatic N) is 2. The van der Waals surface area contributed by atoms with Crippen molar-refractivity contribution in [2.24, 2.45) is 5.73 Å². The first kappa shape index (κ1) is 15.3. The van der Waals surface area contributed by atoms with E-state index in [-0.39, 0.29) is 5.91 Å². The number of rotatable bonds is 4. The highest BCUT2D eigenvalue weighted by atomic mass is 16.2. The second kappa shape index (κ2) is 6.65. The SMILES string of the molecule is NC1(C(=O)NCc2ccnc(N3CCCCC3)c2)CCCC1. The van der Waals surface area contributed by atoms with E-state index in [2.05, 4.69) is 21.3 Å². The van der Waals surface area contributed by atoms with Crippen molar-refractivity contribution in [3.8, 4) is 0 Å². The Kier molecular flexibility index (Phi) is 4.62. The summed E-state index contributed by atoms with van der Waals surface area (Å²) in [5, 5.41) is 3.00. The molecule has 1 amide bonds. The van der Waals surface area contributed by atoms with Gasteiger partial charge in [0, 0.05) is 25.8 Å². The Hall–Kier alpha value is -1.62. The van der Waals surface area contributed by atoms with Crippen molar-refractivity contribution in [1.82, 2.24) is 10.3 Å². The standard InChI is InChI=1S/C17H26N4O/c18-17(7-2-3-8-17)16(22)20-13-14-6-9-19-15(12-14)21-10-4-1-5-11-21/h6,9,12H,1-5,7-8,10-11,13,18H2,(H,20,22). The molecule has 0 radical (unpaired) electrons. The molecular weight excluding hydrogens is 276 g/mol. The largest absolute Gasteiger partial charge is 0.357 e. The van der Waals surface area contributed by atoms with Crippen molar-refractivity contribution in [3.05, 3.63) is 23.9 Å². The Morgan fingerprint density at radius 2 is 1.95 bits per heavy atom. The van der Waals surface area contributed by atoms with Crippen molar-refractivity contribution in [1.29, 1.82) is 0 Å². The summed E-state index contributed by atoms with van der Waals surface area (Å²) in [5.74, 6) is 1.01. The Balaban J connectivity index is 1.59. The van der Waals surface area contributed by atoms with Crippen LogP contribution in [0.3, 0.4) is 0 Å². The molecule has 1 saturated heterocycles. The summed E-state index contributed by atoms with van der Waals surface area (Å²) in [4.78, 5) is 19.1. The van der Waals surface area contributed by atoms with Crippen LogP contribution in [0.1, 0.15) is 50.5 Å². The molecule has 1 aromatic rings. The minimum atomic E-state index is -0.650. The van der Waals surface area contributed by atoms with Crippen molar-refractivity contribution >= 4 is 11.7 Å². The fraction of sp³-hybridized carbons (Fsp3) is 0.647. The third-order valence-electron chi connectivity index (χ3n) is 4.89. The number of hydrogen-bond donors (Lipinski definition) is 2. The highest BCUT2D eigenvalue weighted by molar-refractivity contribution is 5.86. The fourth-order valence-corrected chi connectivity index (χ4v) is 3.46. The second-order valence-corrected chi connectivity index (χ2v) is 6.62. The molecular formula is C17H26N4O. The number of nitrogens with two attached hydrogens (primary N) is 1. The van der Waals surface area contributed by atoms with Gasteiger partial charge in [0.05, 0.1) is 5.54 Å². The highest BCUT2D eigenvalue weighted by Crippen LogP contribution is 2.27. The number of nitrogens with one attached hydrogen (secondary N) is 1. The lowest BCUT2D eigenvalue weighted by Crippen LogP contribution is -2.51. The zero-order valence-electron chi connectivity index (χ0n) is 13.2. The maximum Gasteiger partial charge on any atom is 0.240 e. The molecule has 22 heavy (non-hydrogen) atoms. The molecule has 5 nitrogen and oxygen atoms in total. The van der Waals surface area contributed by atoms with Gasteiger partial charge in [-0.3, -0.25) is 4.79 Å². The Morgan fingerprint density at radius 1 is 1.23 bits per heavy atom. The Labute approximate surface area is 132 Å². The number of carbonyl (C=O) groups excluding carboxylic acids is 1. The number of piperidine rings is 1. The number of pyridine rings is 1. The molecule has 2 fully saturated rings. The monoisotopic (exact) mass is 302 g/mol. The van der Waals surface area contributed by atoms with E-state index in [0.29, 0.717) is 6.54 Å². The molecule has 0 aromatic carbocycles. The first-order chi connectivity index (χ1) is 10.7. The van der Waals surface area contributed by atoms with E-state index in [1.54, 1.807) is 0 Å². The zero-order valence-corrected chi connectivity index (χ0v) is 13.2. The number of hydrogen-bond acceptors (Lipinski definition) is 4. The summed E-state index contributed by atoms with van der Waals surface area (Å²) in [6.07, 6.45) is 9.32. The van der Waals surface area contributed by atoms with Crippen LogP contribution in [0.5, 0.6) is 0 Å². The molecule has 2 heterocycles. The van der Waals surface area contributed by atoms with Crippen molar-refractivity contribution in [2.45, 2.75) is 57.0 Å². The molecule has 5 heteroatoms. The second-order valence-electron chi connectivity index (χ2n) is 6.62. The van der Waals surface area contributed by atoms with Gasteiger partial charge in [-0.05, 0) is 49.8 Å². The van der Waals surface area contributed by atoms with Crippen LogP contribution >= 0.6 is 0 Å². The van der Waals surface area contributed by atoms with E-state index < -0.39 is 5.54 Å². The van der Waals surface area contributed by atoms with Gasteiger partial charge in [-0.2, -0.15) is 0 Å². The first-order valence-corrected chi connectivity index (χ1v) is 8.44. The number of aromatic nitrogens is 1. The Bertz CT molecular complexity index is 519. The molecule has 2 aliphatic rings. The van der Waals surface area contributed by atoms with Crippen LogP contribution in [0.25, 0.3) is 0 Å². The van der Waals surface area contributed by atoms with Crippen molar-refractivity contribution in [2.75, 3.05) is 18.0 Å². The van der Waals surface area contributed by atoms with Gasteiger partial charge in [-0.1, -0.05) is 12.8 Å². The molecule has 0 atom stereocenters. The van der Waals surface area contributed by atoms with Gasteiger partial charge >= 0.3 is 0 Å². The molecule has 1 aliphatic heterocycles. The van der Waals surface area contributed by atoms with Gasteiger partial charge < -0.3 is 16.0 Å². The summed E-state index contributed by atoms with van der Waals surface area (Å²) >= 11 is 0. The summed E-state index contributed by atoms with van der Waals surface area (Å²) in [7, 11) is 0. The van der Waals surface area contributed by atoms with Crippen LogP contribution in [0, 0.1) is 0 Å². The van der Waals surface area contributed by atoms with Gasteiger partial charge in [0.25, 0.3) is 0 Å². The van der Waals surface area contributed by atoms with E-state index in [1.807, 2.05) is 12.3 Å². The molecule has 0 unspecified atom stereocenters. The van der Waals surface area contributed by atoms with Gasteiger partial charge in [0.1, 0.15) is 5.82 Å². The lowest BCUT2D eigenvalue weighted by molar-refractivity contribution is -0.126. The average molecular weight is 302 g/mol. The zero-order chi connectivity index (χ0) is 15.4. The maximum atomic E-state index is 12.3. The van der Waals surface area contributed by atoms with Crippen LogP contribution < -0.4 is 16.0 Å². The number of anilines is 1. The molecule has 120 valence electrons. The van der Waals surface area contributed by atoms with E-state index in [0.717, 1.165) is 50.2 Å². The van der Waals surface area contributed by atoms with E-state index >= 15 is 0 Å². The average Bonchev–Trinajstić information content (AvgIpc) is 3.02. The smallest absolute Gasteiger partial charge is 0.240 e. The quantitative estimate of drug-likeness (QED) is 0.892. The third kappa shape index (κ3) is 3.40. The molecule has 3 rings (SSSR count). The minimum absolute atomic E-state index is 0.0127. The predicted molar refractivity (Wildman–Crippen MR) is 87.5 cm³/mol. The predicted octanol–water partition coefficient (Wildman–Crippen LogP) is 1.96. The molecule has 0 bridgehead atoms. The summed E-state index contributed by atoms with van der Waals surface area (Å²) < 4.78 is 0. The van der Waals surface area contributed by atoms with Crippen molar-refractivity contribution in [3.63, 3.8) is 0 Å². The van der Waals surface area contributed by atoms with E-state index in [4.69, 9.17) is 5.73 Å². The van der Waals surface area contributed by atoms with Gasteiger partial charge in [0.15, 0.2) is 0 Å². The molecule has 1 aliphatic carbocycles. The first-order valence-electron chi connectivity index (χ1n) is 8.44.